The maximum Gasteiger partial charge on any atom is 0.199 e. The lowest BCUT2D eigenvalue weighted by atomic mass is 9.95. The minimum Gasteiger partial charge on any atom is -0.272 e. The molecule has 5 heteroatoms. The summed E-state index contributed by atoms with van der Waals surface area (Å²) < 4.78 is 17.1. The number of halogens is 1. The molecule has 0 amide bonds. The summed E-state index contributed by atoms with van der Waals surface area (Å²) >= 11 is 5.38. The number of nitrogens with zero attached hydrogens (tertiary/aromatic N) is 2. The van der Waals surface area contributed by atoms with E-state index in [9.17, 15) is 4.39 Å². The van der Waals surface area contributed by atoms with Crippen molar-refractivity contribution in [1.82, 2.24) is 14.8 Å². The highest BCUT2D eigenvalue weighted by atomic mass is 32.1. The second-order valence-corrected chi connectivity index (χ2v) is 7.12. The number of rotatable bonds is 5. The molecule has 25 heavy (non-hydrogen) atoms. The Morgan fingerprint density at radius 2 is 1.84 bits per heavy atom. The van der Waals surface area contributed by atoms with Gasteiger partial charge in [0.2, 0.25) is 0 Å². The number of nitrogens with one attached hydrogen (secondary N) is 1. The van der Waals surface area contributed by atoms with E-state index in [0.717, 1.165) is 17.7 Å². The Morgan fingerprint density at radius 1 is 1.12 bits per heavy atom. The van der Waals surface area contributed by atoms with Gasteiger partial charge in [-0.25, -0.2) is 4.39 Å². The smallest absolute Gasteiger partial charge is 0.199 e. The number of H-pyrrole nitrogens is 1. The molecule has 0 aliphatic rings. The van der Waals surface area contributed by atoms with E-state index >= 15 is 0 Å². The fourth-order valence-electron chi connectivity index (χ4n) is 3.09. The Hall–Kier alpha value is -2.27. The van der Waals surface area contributed by atoms with Gasteiger partial charge in [0.1, 0.15) is 11.6 Å². The van der Waals surface area contributed by atoms with Crippen LogP contribution in [0.2, 0.25) is 0 Å². The number of aromatic nitrogens is 3. The fourth-order valence-corrected chi connectivity index (χ4v) is 3.33. The van der Waals surface area contributed by atoms with Crippen LogP contribution in [0.15, 0.2) is 48.5 Å². The van der Waals surface area contributed by atoms with Crippen molar-refractivity contribution in [1.29, 1.82) is 0 Å². The third-order valence-electron chi connectivity index (χ3n) is 4.28. The molecule has 0 fully saturated rings. The number of benzene rings is 2. The van der Waals surface area contributed by atoms with Crippen LogP contribution < -0.4 is 0 Å². The van der Waals surface area contributed by atoms with E-state index in [1.807, 2.05) is 54.0 Å². The van der Waals surface area contributed by atoms with Crippen LogP contribution in [0.25, 0.3) is 5.69 Å². The molecule has 0 radical (unpaired) electrons. The molecule has 1 atom stereocenters. The standard InChI is InChI=1S/C20H22FN3S/c1-13(2)11-15-9-10-17(18(21)12-15)14(3)19-22-23-20(25)24(19)16-7-5-4-6-8-16/h4-10,12-14H,11H2,1-3H3,(H,23,25)/t14-/m0/s1. The molecule has 1 aromatic heterocycles. The van der Waals surface area contributed by atoms with Crippen LogP contribution in [-0.4, -0.2) is 14.8 Å². The van der Waals surface area contributed by atoms with E-state index in [4.69, 9.17) is 12.2 Å². The summed E-state index contributed by atoms with van der Waals surface area (Å²) in [4.78, 5) is 0. The first-order valence-electron chi connectivity index (χ1n) is 8.48. The Balaban J connectivity index is 2.00. The summed E-state index contributed by atoms with van der Waals surface area (Å²) in [6.45, 7) is 6.21. The molecule has 0 saturated heterocycles. The summed E-state index contributed by atoms with van der Waals surface area (Å²) in [5, 5.41) is 7.20. The van der Waals surface area contributed by atoms with Gasteiger partial charge in [0, 0.05) is 11.6 Å². The molecule has 0 saturated carbocycles. The molecule has 0 aliphatic carbocycles. The van der Waals surface area contributed by atoms with Crippen molar-refractivity contribution < 1.29 is 4.39 Å². The van der Waals surface area contributed by atoms with Gasteiger partial charge in [0.05, 0.1) is 0 Å². The molecular weight excluding hydrogens is 333 g/mol. The van der Waals surface area contributed by atoms with E-state index in [0.29, 0.717) is 22.1 Å². The van der Waals surface area contributed by atoms with E-state index in [-0.39, 0.29) is 11.7 Å². The number of aromatic amines is 1. The average molecular weight is 355 g/mol. The first-order valence-corrected chi connectivity index (χ1v) is 8.89. The fraction of sp³-hybridized carbons (Fsp3) is 0.300. The average Bonchev–Trinajstić information content (AvgIpc) is 2.96. The molecule has 1 heterocycles. The normalized spacial score (nSPS) is 12.5. The van der Waals surface area contributed by atoms with Crippen molar-refractivity contribution in [3.63, 3.8) is 0 Å². The van der Waals surface area contributed by atoms with Gasteiger partial charge in [0.25, 0.3) is 0 Å². The van der Waals surface area contributed by atoms with Gasteiger partial charge >= 0.3 is 0 Å². The third-order valence-corrected chi connectivity index (χ3v) is 4.55. The molecule has 0 spiro atoms. The molecule has 3 aromatic rings. The first-order chi connectivity index (χ1) is 12.0. The maximum atomic E-state index is 14.7. The molecule has 1 N–H and O–H groups in total. The van der Waals surface area contributed by atoms with Crippen LogP contribution in [0, 0.1) is 16.5 Å². The SMILES string of the molecule is CC(C)Cc1ccc([C@H](C)c2n[nH]c(=S)n2-c2ccccc2)c(F)c1. The molecular formula is C20H22FN3S. The lowest BCUT2D eigenvalue weighted by molar-refractivity contribution is 0.587. The quantitative estimate of drug-likeness (QED) is 0.620. The molecule has 3 rings (SSSR count). The van der Waals surface area contributed by atoms with E-state index in [1.54, 1.807) is 6.07 Å². The number of hydrogen-bond donors (Lipinski definition) is 1. The van der Waals surface area contributed by atoms with Crippen molar-refractivity contribution >= 4 is 12.2 Å². The lowest BCUT2D eigenvalue weighted by Gasteiger charge is -2.15. The first kappa shape index (κ1) is 17.5. The van der Waals surface area contributed by atoms with Gasteiger partial charge < -0.3 is 0 Å². The van der Waals surface area contributed by atoms with Crippen LogP contribution in [0.4, 0.5) is 4.39 Å². The molecule has 130 valence electrons. The van der Waals surface area contributed by atoms with Gasteiger partial charge in [-0.3, -0.25) is 9.67 Å². The summed E-state index contributed by atoms with van der Waals surface area (Å²) in [6.07, 6.45) is 0.869. The van der Waals surface area contributed by atoms with Crippen molar-refractivity contribution in [2.24, 2.45) is 5.92 Å². The van der Waals surface area contributed by atoms with Crippen LogP contribution in [0.5, 0.6) is 0 Å². The number of para-hydroxylation sites is 1. The van der Waals surface area contributed by atoms with Gasteiger partial charge in [0.15, 0.2) is 4.77 Å². The van der Waals surface area contributed by atoms with Crippen molar-refractivity contribution in [3.05, 3.63) is 76.1 Å². The minimum absolute atomic E-state index is 0.195. The highest BCUT2D eigenvalue weighted by Gasteiger charge is 2.20. The van der Waals surface area contributed by atoms with Crippen LogP contribution in [0.3, 0.4) is 0 Å². The van der Waals surface area contributed by atoms with Crippen LogP contribution >= 0.6 is 12.2 Å². The second kappa shape index (κ2) is 7.31. The van der Waals surface area contributed by atoms with Crippen molar-refractivity contribution in [2.75, 3.05) is 0 Å². The Kier molecular flexibility index (Phi) is 5.13. The van der Waals surface area contributed by atoms with Gasteiger partial charge in [-0.15, -0.1) is 0 Å². The molecule has 0 unspecified atom stereocenters. The summed E-state index contributed by atoms with van der Waals surface area (Å²) in [6, 6.07) is 15.3. The van der Waals surface area contributed by atoms with Crippen LogP contribution in [-0.2, 0) is 6.42 Å². The summed E-state index contributed by atoms with van der Waals surface area (Å²) in [5.41, 5.74) is 2.56. The molecule has 2 aromatic carbocycles. The Morgan fingerprint density at radius 3 is 2.48 bits per heavy atom. The molecule has 3 nitrogen and oxygen atoms in total. The predicted octanol–water partition coefficient (Wildman–Crippen LogP) is 5.42. The molecule has 0 aliphatic heterocycles. The van der Waals surface area contributed by atoms with E-state index in [1.165, 1.54) is 0 Å². The lowest BCUT2D eigenvalue weighted by Crippen LogP contribution is -2.09. The zero-order chi connectivity index (χ0) is 18.0. The predicted molar refractivity (Wildman–Crippen MR) is 101 cm³/mol. The maximum absolute atomic E-state index is 14.7. The van der Waals surface area contributed by atoms with E-state index < -0.39 is 0 Å². The van der Waals surface area contributed by atoms with Crippen molar-refractivity contribution in [2.45, 2.75) is 33.1 Å². The number of hydrogen-bond acceptors (Lipinski definition) is 2. The minimum atomic E-state index is -0.221. The largest absolute Gasteiger partial charge is 0.272 e. The highest BCUT2D eigenvalue weighted by molar-refractivity contribution is 7.71. The third kappa shape index (κ3) is 3.71. The Labute approximate surface area is 152 Å². The second-order valence-electron chi connectivity index (χ2n) is 6.73. The summed E-state index contributed by atoms with van der Waals surface area (Å²) in [5.74, 6) is 0.782. The van der Waals surface area contributed by atoms with Crippen molar-refractivity contribution in [3.8, 4) is 5.69 Å². The van der Waals surface area contributed by atoms with E-state index in [2.05, 4.69) is 24.0 Å². The van der Waals surface area contributed by atoms with Gasteiger partial charge in [-0.05, 0) is 53.9 Å². The summed E-state index contributed by atoms with van der Waals surface area (Å²) in [7, 11) is 0. The van der Waals surface area contributed by atoms with Gasteiger partial charge in [-0.2, -0.15) is 5.10 Å². The zero-order valence-electron chi connectivity index (χ0n) is 14.7. The van der Waals surface area contributed by atoms with Crippen LogP contribution in [0.1, 0.15) is 43.6 Å². The molecule has 0 bridgehead atoms. The monoisotopic (exact) mass is 355 g/mol. The Bertz CT molecular complexity index is 912. The zero-order valence-corrected chi connectivity index (χ0v) is 15.5. The topological polar surface area (TPSA) is 33.6 Å². The highest BCUT2D eigenvalue weighted by Crippen LogP contribution is 2.28. The van der Waals surface area contributed by atoms with Gasteiger partial charge in [-0.1, -0.05) is 51.1 Å².